The van der Waals surface area contributed by atoms with E-state index in [4.69, 9.17) is 5.11 Å². The Balaban J connectivity index is 2.92. The van der Waals surface area contributed by atoms with E-state index in [9.17, 15) is 4.79 Å². The molecule has 1 aromatic rings. The number of carbonyl (C=O) groups excluding carboxylic acids is 1. The Morgan fingerprint density at radius 2 is 2.22 bits per heavy atom. The van der Waals surface area contributed by atoms with Gasteiger partial charge in [-0.2, -0.15) is 0 Å². The second-order valence-corrected chi connectivity index (χ2v) is 3.97. The molecule has 2 N–H and O–H groups in total. The number of carbonyl (C=O) groups is 1. The summed E-state index contributed by atoms with van der Waals surface area (Å²) in [7, 11) is 0. The Labute approximate surface area is 108 Å². The minimum atomic E-state index is -0.0655. The van der Waals surface area contributed by atoms with Crippen LogP contribution in [0.25, 0.3) is 0 Å². The number of aliphatic hydroxyl groups is 1. The first-order chi connectivity index (χ1) is 8.74. The molecule has 0 saturated heterocycles. The lowest BCUT2D eigenvalue weighted by Gasteiger charge is -2.22. The molecule has 5 heteroatoms. The fraction of sp³-hybridized carbons (Fsp3) is 0.538. The summed E-state index contributed by atoms with van der Waals surface area (Å²) in [5.74, 6) is -0.0655. The maximum absolute atomic E-state index is 12.4. The fourth-order valence-corrected chi connectivity index (χ4v) is 1.79. The quantitative estimate of drug-likeness (QED) is 0.768. The topological polar surface area (TPSA) is 65.5 Å². The van der Waals surface area contributed by atoms with Gasteiger partial charge < -0.3 is 15.3 Å². The average molecular weight is 251 g/mol. The number of hydrogen-bond acceptors (Lipinski definition) is 4. The summed E-state index contributed by atoms with van der Waals surface area (Å²) in [5, 5.41) is 12.1. The van der Waals surface area contributed by atoms with Gasteiger partial charge in [-0.25, -0.2) is 0 Å². The van der Waals surface area contributed by atoms with Crippen LogP contribution in [0.15, 0.2) is 18.5 Å². The second-order valence-electron chi connectivity index (χ2n) is 3.97. The van der Waals surface area contributed by atoms with Gasteiger partial charge in [-0.15, -0.1) is 0 Å². The molecule has 0 saturated carbocycles. The number of nitrogens with zero attached hydrogens (tertiary/aromatic N) is 2. The van der Waals surface area contributed by atoms with Gasteiger partial charge in [0.1, 0.15) is 0 Å². The first-order valence-electron chi connectivity index (χ1n) is 6.32. The molecule has 0 atom stereocenters. The van der Waals surface area contributed by atoms with Gasteiger partial charge in [0.2, 0.25) is 0 Å². The molecule has 100 valence electrons. The minimum absolute atomic E-state index is 0.0205. The fourth-order valence-electron chi connectivity index (χ4n) is 1.79. The van der Waals surface area contributed by atoms with E-state index < -0.39 is 0 Å². The first-order valence-corrected chi connectivity index (χ1v) is 6.32. The molecule has 1 amide bonds. The Kier molecular flexibility index (Phi) is 6.14. The van der Waals surface area contributed by atoms with Crippen molar-refractivity contribution < 1.29 is 9.90 Å². The monoisotopic (exact) mass is 251 g/mol. The third kappa shape index (κ3) is 3.70. The standard InChI is InChI=1S/C13H21N3O2/c1-3-7-16(8-9-17)13(18)11-5-6-14-10-12(11)15-4-2/h5-6,10,15,17H,3-4,7-9H2,1-2H3. The maximum Gasteiger partial charge on any atom is 0.256 e. The summed E-state index contributed by atoms with van der Waals surface area (Å²) in [5.41, 5.74) is 1.35. The number of amides is 1. The predicted molar refractivity (Wildman–Crippen MR) is 71.7 cm³/mol. The van der Waals surface area contributed by atoms with Crippen LogP contribution >= 0.6 is 0 Å². The van der Waals surface area contributed by atoms with Crippen molar-refractivity contribution >= 4 is 11.6 Å². The first kappa shape index (κ1) is 14.4. The molecule has 5 nitrogen and oxygen atoms in total. The lowest BCUT2D eigenvalue weighted by molar-refractivity contribution is 0.0723. The lowest BCUT2D eigenvalue weighted by atomic mass is 10.2. The van der Waals surface area contributed by atoms with Gasteiger partial charge in [-0.1, -0.05) is 6.92 Å². The van der Waals surface area contributed by atoms with Crippen molar-refractivity contribution in [3.63, 3.8) is 0 Å². The summed E-state index contributed by atoms with van der Waals surface area (Å²) in [4.78, 5) is 18.0. The number of nitrogens with one attached hydrogen (secondary N) is 1. The number of anilines is 1. The Morgan fingerprint density at radius 3 is 2.83 bits per heavy atom. The normalized spacial score (nSPS) is 10.2. The largest absolute Gasteiger partial charge is 0.395 e. The molecule has 0 fully saturated rings. The minimum Gasteiger partial charge on any atom is -0.395 e. The average Bonchev–Trinajstić information content (AvgIpc) is 2.39. The zero-order valence-corrected chi connectivity index (χ0v) is 11.0. The number of aliphatic hydroxyl groups excluding tert-OH is 1. The van der Waals surface area contributed by atoms with Crippen LogP contribution in [0.5, 0.6) is 0 Å². The molecular formula is C13H21N3O2. The van der Waals surface area contributed by atoms with E-state index in [1.54, 1.807) is 23.4 Å². The third-order valence-corrected chi connectivity index (χ3v) is 2.57. The predicted octanol–water partition coefficient (Wildman–Crippen LogP) is 1.36. The van der Waals surface area contributed by atoms with Crippen LogP contribution in [0.4, 0.5) is 5.69 Å². The highest BCUT2D eigenvalue weighted by Gasteiger charge is 2.17. The molecule has 0 unspecified atom stereocenters. The molecule has 0 bridgehead atoms. The van der Waals surface area contributed by atoms with Crippen molar-refractivity contribution in [2.45, 2.75) is 20.3 Å². The van der Waals surface area contributed by atoms with Crippen molar-refractivity contribution in [2.24, 2.45) is 0 Å². The SMILES string of the molecule is CCCN(CCO)C(=O)c1ccncc1NCC. The van der Waals surface area contributed by atoms with Crippen LogP contribution in [0.2, 0.25) is 0 Å². The van der Waals surface area contributed by atoms with E-state index in [0.717, 1.165) is 18.7 Å². The smallest absolute Gasteiger partial charge is 0.256 e. The van der Waals surface area contributed by atoms with Crippen molar-refractivity contribution in [3.8, 4) is 0 Å². The van der Waals surface area contributed by atoms with E-state index in [0.29, 0.717) is 18.7 Å². The second kappa shape index (κ2) is 7.66. The number of aromatic nitrogens is 1. The maximum atomic E-state index is 12.4. The summed E-state index contributed by atoms with van der Waals surface area (Å²) in [6, 6.07) is 1.71. The highest BCUT2D eigenvalue weighted by molar-refractivity contribution is 5.99. The lowest BCUT2D eigenvalue weighted by Crippen LogP contribution is -2.34. The van der Waals surface area contributed by atoms with E-state index >= 15 is 0 Å². The van der Waals surface area contributed by atoms with Crippen LogP contribution in [0, 0.1) is 0 Å². The molecule has 0 radical (unpaired) electrons. The highest BCUT2D eigenvalue weighted by Crippen LogP contribution is 2.15. The molecule has 0 aliphatic rings. The molecule has 18 heavy (non-hydrogen) atoms. The molecule has 0 spiro atoms. The Bertz CT molecular complexity index is 376. The van der Waals surface area contributed by atoms with Crippen LogP contribution in [0.3, 0.4) is 0 Å². The molecule has 0 aliphatic carbocycles. The zero-order chi connectivity index (χ0) is 13.4. The van der Waals surface area contributed by atoms with Crippen molar-refractivity contribution in [1.29, 1.82) is 0 Å². The van der Waals surface area contributed by atoms with E-state index in [1.807, 2.05) is 13.8 Å². The van der Waals surface area contributed by atoms with Crippen LogP contribution in [0.1, 0.15) is 30.6 Å². The summed E-state index contributed by atoms with van der Waals surface area (Å²) in [6.45, 7) is 5.70. The third-order valence-electron chi connectivity index (χ3n) is 2.57. The van der Waals surface area contributed by atoms with Crippen LogP contribution in [-0.2, 0) is 0 Å². The van der Waals surface area contributed by atoms with E-state index in [-0.39, 0.29) is 12.5 Å². The molecular weight excluding hydrogens is 230 g/mol. The highest BCUT2D eigenvalue weighted by atomic mass is 16.3. The van der Waals surface area contributed by atoms with Gasteiger partial charge in [-0.05, 0) is 19.4 Å². The summed E-state index contributed by atoms with van der Waals surface area (Å²) < 4.78 is 0. The van der Waals surface area contributed by atoms with Gasteiger partial charge in [0.15, 0.2) is 0 Å². The van der Waals surface area contributed by atoms with Gasteiger partial charge in [0.05, 0.1) is 24.1 Å². The van der Waals surface area contributed by atoms with Gasteiger partial charge in [0, 0.05) is 25.8 Å². The van der Waals surface area contributed by atoms with E-state index in [2.05, 4.69) is 10.3 Å². The van der Waals surface area contributed by atoms with Gasteiger partial charge in [-0.3, -0.25) is 9.78 Å². The summed E-state index contributed by atoms with van der Waals surface area (Å²) in [6.07, 6.45) is 4.13. The van der Waals surface area contributed by atoms with Crippen molar-refractivity contribution in [1.82, 2.24) is 9.88 Å². The number of hydrogen-bond donors (Lipinski definition) is 2. The number of pyridine rings is 1. The molecule has 1 rings (SSSR count). The number of rotatable bonds is 7. The molecule has 0 aliphatic heterocycles. The van der Waals surface area contributed by atoms with E-state index in [1.165, 1.54) is 0 Å². The molecule has 0 aromatic carbocycles. The zero-order valence-electron chi connectivity index (χ0n) is 11.0. The van der Waals surface area contributed by atoms with Gasteiger partial charge >= 0.3 is 0 Å². The summed E-state index contributed by atoms with van der Waals surface area (Å²) >= 11 is 0. The Hall–Kier alpha value is -1.62. The molecule has 1 aromatic heterocycles. The van der Waals surface area contributed by atoms with Crippen LogP contribution < -0.4 is 5.32 Å². The van der Waals surface area contributed by atoms with Crippen LogP contribution in [-0.4, -0.2) is 47.1 Å². The Morgan fingerprint density at radius 1 is 1.44 bits per heavy atom. The van der Waals surface area contributed by atoms with Crippen molar-refractivity contribution in [3.05, 3.63) is 24.0 Å². The van der Waals surface area contributed by atoms with Gasteiger partial charge in [0.25, 0.3) is 5.91 Å². The van der Waals surface area contributed by atoms with Crippen molar-refractivity contribution in [2.75, 3.05) is 31.6 Å². The molecule has 1 heterocycles.